The van der Waals surface area contributed by atoms with Crippen LogP contribution in [0.4, 0.5) is 5.69 Å². The minimum Gasteiger partial charge on any atom is -0.392 e. The molecular formula is C14H21ClN2O2. The average molecular weight is 285 g/mol. The summed E-state index contributed by atoms with van der Waals surface area (Å²) in [6, 6.07) is 5.33. The van der Waals surface area contributed by atoms with Crippen molar-refractivity contribution in [2.45, 2.75) is 20.5 Å². The molecule has 0 fully saturated rings. The SMILES string of the molecule is CC(C)CNC(=O)CN(C)c1c(Cl)cccc1CO. The second kappa shape index (κ2) is 7.36. The summed E-state index contributed by atoms with van der Waals surface area (Å²) in [6.07, 6.45) is 0. The number of hydrogen-bond donors (Lipinski definition) is 2. The standard InChI is InChI=1S/C14H21ClN2O2/c1-10(2)7-16-13(19)8-17(3)14-11(9-18)5-4-6-12(14)15/h4-6,10,18H,7-9H2,1-3H3,(H,16,19). The van der Waals surface area contributed by atoms with E-state index in [9.17, 15) is 9.90 Å². The molecule has 4 nitrogen and oxygen atoms in total. The topological polar surface area (TPSA) is 52.6 Å². The number of aliphatic hydroxyl groups excluding tert-OH is 1. The molecule has 0 saturated heterocycles. The van der Waals surface area contributed by atoms with E-state index in [-0.39, 0.29) is 19.1 Å². The fourth-order valence-corrected chi connectivity index (χ4v) is 2.12. The fraction of sp³-hybridized carbons (Fsp3) is 0.500. The van der Waals surface area contributed by atoms with Crippen molar-refractivity contribution in [1.29, 1.82) is 0 Å². The number of benzene rings is 1. The molecule has 0 aliphatic rings. The first-order chi connectivity index (χ1) is 8.95. The summed E-state index contributed by atoms with van der Waals surface area (Å²) in [5.74, 6) is 0.364. The molecule has 0 bridgehead atoms. The van der Waals surface area contributed by atoms with E-state index in [4.69, 9.17) is 11.6 Å². The van der Waals surface area contributed by atoms with Crippen LogP contribution in [0.1, 0.15) is 19.4 Å². The molecule has 106 valence electrons. The molecule has 1 rings (SSSR count). The highest BCUT2D eigenvalue weighted by Crippen LogP contribution is 2.28. The van der Waals surface area contributed by atoms with Gasteiger partial charge in [-0.15, -0.1) is 0 Å². The van der Waals surface area contributed by atoms with Gasteiger partial charge in [-0.3, -0.25) is 4.79 Å². The van der Waals surface area contributed by atoms with Crippen LogP contribution in [0.2, 0.25) is 5.02 Å². The molecule has 0 heterocycles. The number of para-hydroxylation sites is 1. The van der Waals surface area contributed by atoms with Gasteiger partial charge in [0.25, 0.3) is 0 Å². The van der Waals surface area contributed by atoms with Gasteiger partial charge < -0.3 is 15.3 Å². The molecule has 0 spiro atoms. The summed E-state index contributed by atoms with van der Waals surface area (Å²) in [5.41, 5.74) is 1.41. The Labute approximate surface area is 119 Å². The van der Waals surface area contributed by atoms with Crippen molar-refractivity contribution in [3.8, 4) is 0 Å². The van der Waals surface area contributed by atoms with Crippen LogP contribution in [0.5, 0.6) is 0 Å². The zero-order chi connectivity index (χ0) is 14.4. The van der Waals surface area contributed by atoms with Crippen LogP contribution in [0.25, 0.3) is 0 Å². The third-order valence-corrected chi connectivity index (χ3v) is 3.02. The summed E-state index contributed by atoms with van der Waals surface area (Å²) in [6.45, 7) is 4.85. The van der Waals surface area contributed by atoms with Gasteiger partial charge in [-0.05, 0) is 12.0 Å². The first-order valence-electron chi connectivity index (χ1n) is 6.31. The van der Waals surface area contributed by atoms with E-state index in [1.54, 1.807) is 30.1 Å². The summed E-state index contributed by atoms with van der Waals surface area (Å²) in [5, 5.41) is 12.7. The highest BCUT2D eigenvalue weighted by Gasteiger charge is 2.14. The first-order valence-corrected chi connectivity index (χ1v) is 6.69. The van der Waals surface area contributed by atoms with Crippen molar-refractivity contribution in [1.82, 2.24) is 5.32 Å². The van der Waals surface area contributed by atoms with Gasteiger partial charge >= 0.3 is 0 Å². The predicted octanol–water partition coefficient (Wildman–Crippen LogP) is 2.04. The zero-order valence-electron chi connectivity index (χ0n) is 11.6. The number of hydrogen-bond acceptors (Lipinski definition) is 3. The molecule has 0 unspecified atom stereocenters. The van der Waals surface area contributed by atoms with Gasteiger partial charge in [-0.25, -0.2) is 0 Å². The smallest absolute Gasteiger partial charge is 0.239 e. The maximum absolute atomic E-state index is 11.8. The molecular weight excluding hydrogens is 264 g/mol. The van der Waals surface area contributed by atoms with Gasteiger partial charge in [-0.1, -0.05) is 37.6 Å². The Bertz CT molecular complexity index is 435. The average Bonchev–Trinajstić information content (AvgIpc) is 2.35. The number of aliphatic hydroxyl groups is 1. The number of anilines is 1. The van der Waals surface area contributed by atoms with Crippen molar-refractivity contribution in [2.24, 2.45) is 5.92 Å². The minimum atomic E-state index is -0.103. The van der Waals surface area contributed by atoms with Gasteiger partial charge in [0.1, 0.15) is 0 Å². The molecule has 19 heavy (non-hydrogen) atoms. The van der Waals surface area contributed by atoms with E-state index in [0.717, 1.165) is 0 Å². The van der Waals surface area contributed by atoms with Gasteiger partial charge in [0, 0.05) is 19.2 Å². The van der Waals surface area contributed by atoms with Gasteiger partial charge in [0.15, 0.2) is 0 Å². The summed E-state index contributed by atoms with van der Waals surface area (Å²) < 4.78 is 0. The Morgan fingerprint density at radius 1 is 1.47 bits per heavy atom. The highest BCUT2D eigenvalue weighted by atomic mass is 35.5. The maximum atomic E-state index is 11.8. The summed E-state index contributed by atoms with van der Waals surface area (Å²) in [7, 11) is 1.79. The van der Waals surface area contributed by atoms with Crippen LogP contribution in [-0.2, 0) is 11.4 Å². The third kappa shape index (κ3) is 4.73. The quantitative estimate of drug-likeness (QED) is 0.840. The third-order valence-electron chi connectivity index (χ3n) is 2.71. The fourth-order valence-electron chi connectivity index (χ4n) is 1.78. The second-order valence-corrected chi connectivity index (χ2v) is 5.37. The van der Waals surface area contributed by atoms with E-state index < -0.39 is 0 Å². The van der Waals surface area contributed by atoms with Crippen LogP contribution < -0.4 is 10.2 Å². The molecule has 0 aliphatic carbocycles. The van der Waals surface area contributed by atoms with E-state index in [1.807, 2.05) is 13.8 Å². The van der Waals surface area contributed by atoms with Crippen molar-refractivity contribution in [3.63, 3.8) is 0 Å². The molecule has 1 aromatic carbocycles. The predicted molar refractivity (Wildman–Crippen MR) is 78.5 cm³/mol. The lowest BCUT2D eigenvalue weighted by atomic mass is 10.1. The molecule has 0 radical (unpaired) electrons. The summed E-state index contributed by atoms with van der Waals surface area (Å²) in [4.78, 5) is 13.5. The van der Waals surface area contributed by atoms with Crippen LogP contribution in [0.15, 0.2) is 18.2 Å². The second-order valence-electron chi connectivity index (χ2n) is 4.96. The molecule has 1 amide bonds. The monoisotopic (exact) mass is 284 g/mol. The zero-order valence-corrected chi connectivity index (χ0v) is 12.4. The van der Waals surface area contributed by atoms with Crippen molar-refractivity contribution >= 4 is 23.2 Å². The van der Waals surface area contributed by atoms with Crippen molar-refractivity contribution in [2.75, 3.05) is 25.0 Å². The molecule has 0 atom stereocenters. The van der Waals surface area contributed by atoms with Gasteiger partial charge in [-0.2, -0.15) is 0 Å². The molecule has 2 N–H and O–H groups in total. The lowest BCUT2D eigenvalue weighted by Gasteiger charge is -2.23. The van der Waals surface area contributed by atoms with Crippen molar-refractivity contribution < 1.29 is 9.90 Å². The van der Waals surface area contributed by atoms with Crippen LogP contribution >= 0.6 is 11.6 Å². The maximum Gasteiger partial charge on any atom is 0.239 e. The van der Waals surface area contributed by atoms with E-state index in [0.29, 0.717) is 28.7 Å². The van der Waals surface area contributed by atoms with Crippen molar-refractivity contribution in [3.05, 3.63) is 28.8 Å². The number of nitrogens with zero attached hydrogens (tertiary/aromatic N) is 1. The molecule has 0 saturated carbocycles. The van der Waals surface area contributed by atoms with Gasteiger partial charge in [0.2, 0.25) is 5.91 Å². The van der Waals surface area contributed by atoms with Crippen LogP contribution in [0, 0.1) is 5.92 Å². The Morgan fingerprint density at radius 3 is 2.74 bits per heavy atom. The number of nitrogens with one attached hydrogen (secondary N) is 1. The summed E-state index contributed by atoms with van der Waals surface area (Å²) >= 11 is 6.13. The molecule has 0 aliphatic heterocycles. The Kier molecular flexibility index (Phi) is 6.12. The van der Waals surface area contributed by atoms with E-state index in [2.05, 4.69) is 5.32 Å². The van der Waals surface area contributed by atoms with Crippen LogP contribution in [0.3, 0.4) is 0 Å². The van der Waals surface area contributed by atoms with Crippen LogP contribution in [-0.4, -0.2) is 31.2 Å². The normalized spacial score (nSPS) is 10.6. The first kappa shape index (κ1) is 15.8. The lowest BCUT2D eigenvalue weighted by Crippen LogP contribution is -2.37. The largest absolute Gasteiger partial charge is 0.392 e. The Hall–Kier alpha value is -1.26. The highest BCUT2D eigenvalue weighted by molar-refractivity contribution is 6.33. The number of halogens is 1. The number of carbonyl (C=O) groups is 1. The number of carbonyl (C=O) groups excluding carboxylic acids is 1. The molecule has 0 aromatic heterocycles. The van der Waals surface area contributed by atoms with E-state index >= 15 is 0 Å². The number of likely N-dealkylation sites (N-methyl/N-ethyl adjacent to an activating group) is 1. The van der Waals surface area contributed by atoms with Gasteiger partial charge in [0.05, 0.1) is 23.9 Å². The lowest BCUT2D eigenvalue weighted by molar-refractivity contribution is -0.119. The number of rotatable bonds is 6. The van der Waals surface area contributed by atoms with E-state index in [1.165, 1.54) is 0 Å². The minimum absolute atomic E-state index is 0.0555. The number of amides is 1. The molecule has 5 heteroatoms. The Balaban J connectivity index is 2.72. The molecule has 1 aromatic rings. The Morgan fingerprint density at radius 2 is 2.16 bits per heavy atom.